The number of carbonyl (C=O) groups excluding carboxylic acids is 2. The quantitative estimate of drug-likeness (QED) is 0.712. The number of methoxy groups -OCH3 is 1. The van der Waals surface area contributed by atoms with Crippen LogP contribution in [0.2, 0.25) is 0 Å². The molecular formula is C13H22N2O3. The minimum Gasteiger partial charge on any atom is -0.453 e. The maximum atomic E-state index is 12.5. The molecule has 0 aromatic rings. The number of hydrogen-bond acceptors (Lipinski definition) is 3. The molecule has 102 valence electrons. The Hall–Kier alpha value is -1.26. The summed E-state index contributed by atoms with van der Waals surface area (Å²) in [5.41, 5.74) is 0. The lowest BCUT2D eigenvalue weighted by Gasteiger charge is -2.34. The SMILES string of the molecule is COC(=O)N1CCCC1C(=O)N1CCCC(C)C1. The van der Waals surface area contributed by atoms with Gasteiger partial charge in [0.1, 0.15) is 6.04 Å². The lowest BCUT2D eigenvalue weighted by molar-refractivity contribution is -0.137. The molecule has 0 bridgehead atoms. The number of ether oxygens (including phenoxy) is 1. The number of piperidine rings is 1. The first-order chi connectivity index (χ1) is 8.63. The van der Waals surface area contributed by atoms with Crippen molar-refractivity contribution in [2.75, 3.05) is 26.7 Å². The van der Waals surface area contributed by atoms with Crippen molar-refractivity contribution >= 4 is 12.0 Å². The minimum atomic E-state index is -0.379. The van der Waals surface area contributed by atoms with Crippen LogP contribution in [-0.2, 0) is 9.53 Å². The van der Waals surface area contributed by atoms with Crippen molar-refractivity contribution in [2.24, 2.45) is 5.92 Å². The zero-order chi connectivity index (χ0) is 13.1. The van der Waals surface area contributed by atoms with E-state index in [9.17, 15) is 9.59 Å². The monoisotopic (exact) mass is 254 g/mol. The molecule has 0 aromatic heterocycles. The summed E-state index contributed by atoms with van der Waals surface area (Å²) in [4.78, 5) is 27.6. The van der Waals surface area contributed by atoms with E-state index in [-0.39, 0.29) is 18.0 Å². The zero-order valence-electron chi connectivity index (χ0n) is 11.2. The Kier molecular flexibility index (Phi) is 4.09. The fraction of sp³-hybridized carbons (Fsp3) is 0.846. The molecule has 2 unspecified atom stereocenters. The van der Waals surface area contributed by atoms with E-state index in [0.717, 1.165) is 32.4 Å². The summed E-state index contributed by atoms with van der Waals surface area (Å²) < 4.78 is 4.74. The second-order valence-corrected chi connectivity index (χ2v) is 5.35. The van der Waals surface area contributed by atoms with Crippen molar-refractivity contribution in [1.82, 2.24) is 9.80 Å². The van der Waals surface area contributed by atoms with Crippen LogP contribution in [-0.4, -0.2) is 54.6 Å². The van der Waals surface area contributed by atoms with Crippen molar-refractivity contribution in [3.8, 4) is 0 Å². The van der Waals surface area contributed by atoms with E-state index < -0.39 is 0 Å². The largest absolute Gasteiger partial charge is 0.453 e. The van der Waals surface area contributed by atoms with E-state index in [1.807, 2.05) is 4.90 Å². The Morgan fingerprint density at radius 2 is 1.89 bits per heavy atom. The van der Waals surface area contributed by atoms with Gasteiger partial charge >= 0.3 is 6.09 Å². The number of nitrogens with zero attached hydrogens (tertiary/aromatic N) is 2. The molecule has 2 fully saturated rings. The van der Waals surface area contributed by atoms with E-state index in [2.05, 4.69) is 6.92 Å². The third kappa shape index (κ3) is 2.60. The van der Waals surface area contributed by atoms with E-state index in [4.69, 9.17) is 4.74 Å². The zero-order valence-corrected chi connectivity index (χ0v) is 11.2. The van der Waals surface area contributed by atoms with Crippen LogP contribution in [0.15, 0.2) is 0 Å². The van der Waals surface area contributed by atoms with Gasteiger partial charge in [0.15, 0.2) is 0 Å². The van der Waals surface area contributed by atoms with Gasteiger partial charge < -0.3 is 9.64 Å². The standard InChI is InChI=1S/C13H22N2O3/c1-10-5-3-7-14(9-10)12(16)11-6-4-8-15(11)13(17)18-2/h10-11H,3-9H2,1-2H3. The molecule has 0 saturated carbocycles. The summed E-state index contributed by atoms with van der Waals surface area (Å²) in [6.07, 6.45) is 3.52. The molecule has 2 rings (SSSR count). The molecule has 2 atom stereocenters. The first kappa shape index (κ1) is 13.2. The number of rotatable bonds is 1. The van der Waals surface area contributed by atoms with Crippen LogP contribution in [0.5, 0.6) is 0 Å². The fourth-order valence-corrected chi connectivity index (χ4v) is 2.96. The highest BCUT2D eigenvalue weighted by Gasteiger charge is 2.37. The van der Waals surface area contributed by atoms with Crippen molar-refractivity contribution in [3.05, 3.63) is 0 Å². The van der Waals surface area contributed by atoms with Crippen LogP contribution in [0.1, 0.15) is 32.6 Å². The summed E-state index contributed by atoms with van der Waals surface area (Å²) in [6.45, 7) is 4.46. The smallest absolute Gasteiger partial charge is 0.410 e. The van der Waals surface area contributed by atoms with E-state index in [1.165, 1.54) is 13.5 Å². The van der Waals surface area contributed by atoms with Crippen LogP contribution >= 0.6 is 0 Å². The highest BCUT2D eigenvalue weighted by molar-refractivity contribution is 5.86. The van der Waals surface area contributed by atoms with Gasteiger partial charge in [-0.05, 0) is 31.6 Å². The fourth-order valence-electron chi connectivity index (χ4n) is 2.96. The van der Waals surface area contributed by atoms with Gasteiger partial charge in [-0.2, -0.15) is 0 Å². The molecule has 0 aromatic carbocycles. The van der Waals surface area contributed by atoms with E-state index >= 15 is 0 Å². The highest BCUT2D eigenvalue weighted by atomic mass is 16.5. The number of hydrogen-bond donors (Lipinski definition) is 0. The Labute approximate surface area is 108 Å². The van der Waals surface area contributed by atoms with E-state index in [0.29, 0.717) is 12.5 Å². The van der Waals surface area contributed by atoms with Gasteiger partial charge in [-0.1, -0.05) is 6.92 Å². The predicted octanol–water partition coefficient (Wildman–Crippen LogP) is 1.48. The molecule has 18 heavy (non-hydrogen) atoms. The first-order valence-electron chi connectivity index (χ1n) is 6.77. The van der Waals surface area contributed by atoms with Gasteiger partial charge in [-0.15, -0.1) is 0 Å². The molecule has 2 saturated heterocycles. The van der Waals surface area contributed by atoms with Crippen LogP contribution in [0.3, 0.4) is 0 Å². The van der Waals surface area contributed by atoms with Crippen LogP contribution in [0, 0.1) is 5.92 Å². The van der Waals surface area contributed by atoms with Gasteiger partial charge in [-0.3, -0.25) is 9.69 Å². The molecule has 5 heteroatoms. The third-order valence-electron chi connectivity index (χ3n) is 3.92. The second kappa shape index (κ2) is 5.59. The summed E-state index contributed by atoms with van der Waals surface area (Å²) in [6, 6.07) is -0.303. The van der Waals surface area contributed by atoms with Crippen LogP contribution in [0.4, 0.5) is 4.79 Å². The summed E-state index contributed by atoms with van der Waals surface area (Å²) >= 11 is 0. The molecule has 2 aliphatic heterocycles. The average Bonchev–Trinajstić information content (AvgIpc) is 2.86. The van der Waals surface area contributed by atoms with Gasteiger partial charge in [0.2, 0.25) is 5.91 Å². The maximum Gasteiger partial charge on any atom is 0.410 e. The number of carbonyl (C=O) groups is 2. The van der Waals surface area contributed by atoms with Crippen molar-refractivity contribution < 1.29 is 14.3 Å². The van der Waals surface area contributed by atoms with Gasteiger partial charge in [0.05, 0.1) is 7.11 Å². The van der Waals surface area contributed by atoms with Gasteiger partial charge in [0, 0.05) is 19.6 Å². The van der Waals surface area contributed by atoms with Crippen LogP contribution < -0.4 is 0 Å². The van der Waals surface area contributed by atoms with Gasteiger partial charge in [-0.25, -0.2) is 4.79 Å². The summed E-state index contributed by atoms with van der Waals surface area (Å²) in [7, 11) is 1.37. The molecule has 0 N–H and O–H groups in total. The summed E-state index contributed by atoms with van der Waals surface area (Å²) in [5.74, 6) is 0.667. The Bertz CT molecular complexity index is 332. The molecule has 2 amide bonds. The van der Waals surface area contributed by atoms with Crippen molar-refractivity contribution in [3.63, 3.8) is 0 Å². The maximum absolute atomic E-state index is 12.5. The summed E-state index contributed by atoms with van der Waals surface area (Å²) in [5, 5.41) is 0. The Balaban J connectivity index is 2.01. The normalized spacial score (nSPS) is 28.3. The lowest BCUT2D eigenvalue weighted by atomic mass is 9.99. The molecule has 2 heterocycles. The molecule has 0 aliphatic carbocycles. The third-order valence-corrected chi connectivity index (χ3v) is 3.92. The molecule has 0 radical (unpaired) electrons. The second-order valence-electron chi connectivity index (χ2n) is 5.35. The molecule has 2 aliphatic rings. The number of amides is 2. The van der Waals surface area contributed by atoms with E-state index in [1.54, 1.807) is 4.90 Å². The topological polar surface area (TPSA) is 49.9 Å². The number of likely N-dealkylation sites (tertiary alicyclic amines) is 2. The Morgan fingerprint density at radius 3 is 2.56 bits per heavy atom. The lowest BCUT2D eigenvalue weighted by Crippen LogP contribution is -2.50. The van der Waals surface area contributed by atoms with Crippen LogP contribution in [0.25, 0.3) is 0 Å². The molecule has 5 nitrogen and oxygen atoms in total. The average molecular weight is 254 g/mol. The molecular weight excluding hydrogens is 232 g/mol. The van der Waals surface area contributed by atoms with Crippen molar-refractivity contribution in [1.29, 1.82) is 0 Å². The van der Waals surface area contributed by atoms with Crippen molar-refractivity contribution in [2.45, 2.75) is 38.6 Å². The first-order valence-corrected chi connectivity index (χ1v) is 6.77. The Morgan fingerprint density at radius 1 is 1.17 bits per heavy atom. The minimum absolute atomic E-state index is 0.101. The predicted molar refractivity (Wildman–Crippen MR) is 67.1 cm³/mol. The molecule has 0 spiro atoms. The van der Waals surface area contributed by atoms with Gasteiger partial charge in [0.25, 0.3) is 0 Å². The highest BCUT2D eigenvalue weighted by Crippen LogP contribution is 2.23.